The molecule has 1 N–H and O–H groups in total. The number of nitrogens with zero attached hydrogens (tertiary/aromatic N) is 1. The molecule has 108 valence electrons. The Morgan fingerprint density at radius 2 is 2.15 bits per heavy atom. The molecule has 0 aliphatic heterocycles. The van der Waals surface area contributed by atoms with Crippen molar-refractivity contribution in [3.8, 4) is 0 Å². The molecule has 0 spiro atoms. The van der Waals surface area contributed by atoms with Crippen LogP contribution in [-0.2, 0) is 0 Å². The molecule has 2 heterocycles. The maximum atomic E-state index is 12.2. The van der Waals surface area contributed by atoms with Crippen LogP contribution in [0, 0.1) is 13.8 Å². The molecule has 5 nitrogen and oxygen atoms in total. The van der Waals surface area contributed by atoms with Gasteiger partial charge in [-0.2, -0.15) is 0 Å². The minimum Gasteiger partial charge on any atom is -0.468 e. The molecule has 0 saturated carbocycles. The first-order chi connectivity index (χ1) is 9.49. The number of carbonyl (C=O) groups excluding carboxylic acids is 1. The first kappa shape index (κ1) is 14.4. The molecular formula is C15H20N2O3. The molecule has 2 aromatic heterocycles. The highest BCUT2D eigenvalue weighted by atomic mass is 16.3. The molecule has 0 saturated heterocycles. The Labute approximate surface area is 118 Å². The maximum Gasteiger partial charge on any atom is 0.254 e. The fourth-order valence-electron chi connectivity index (χ4n) is 2.16. The number of rotatable bonds is 5. The van der Waals surface area contributed by atoms with Gasteiger partial charge in [-0.15, -0.1) is 0 Å². The zero-order chi connectivity index (χ0) is 14.7. The third-order valence-electron chi connectivity index (χ3n) is 3.24. The molecule has 0 fully saturated rings. The van der Waals surface area contributed by atoms with E-state index in [0.29, 0.717) is 17.9 Å². The van der Waals surface area contributed by atoms with Crippen molar-refractivity contribution in [2.75, 3.05) is 20.6 Å². The first-order valence-electron chi connectivity index (χ1n) is 6.54. The molecule has 0 aliphatic rings. The smallest absolute Gasteiger partial charge is 0.254 e. The number of hydrogen-bond donors (Lipinski definition) is 1. The summed E-state index contributed by atoms with van der Waals surface area (Å²) in [5.41, 5.74) is 0.583. The van der Waals surface area contributed by atoms with Crippen LogP contribution >= 0.6 is 0 Å². The molecule has 1 amide bonds. The molecule has 0 unspecified atom stereocenters. The summed E-state index contributed by atoms with van der Waals surface area (Å²) < 4.78 is 10.8. The van der Waals surface area contributed by atoms with Crippen molar-refractivity contribution in [3.63, 3.8) is 0 Å². The summed E-state index contributed by atoms with van der Waals surface area (Å²) in [5, 5.41) is 2.92. The molecule has 0 radical (unpaired) electrons. The number of carbonyl (C=O) groups is 1. The van der Waals surface area contributed by atoms with E-state index >= 15 is 0 Å². The summed E-state index contributed by atoms with van der Waals surface area (Å²) in [6.07, 6.45) is 1.64. The van der Waals surface area contributed by atoms with Gasteiger partial charge in [0.1, 0.15) is 17.3 Å². The Morgan fingerprint density at radius 1 is 1.40 bits per heavy atom. The average molecular weight is 276 g/mol. The Bertz CT molecular complexity index is 570. The SMILES string of the molecule is Cc1cc(C(=O)NC[C@@H](c2ccco2)N(C)C)c(C)o1. The van der Waals surface area contributed by atoms with Gasteiger partial charge in [0.25, 0.3) is 5.91 Å². The third-order valence-corrected chi connectivity index (χ3v) is 3.24. The van der Waals surface area contributed by atoms with Gasteiger partial charge < -0.3 is 14.2 Å². The van der Waals surface area contributed by atoms with Crippen LogP contribution in [0.5, 0.6) is 0 Å². The van der Waals surface area contributed by atoms with Crippen molar-refractivity contribution in [1.29, 1.82) is 0 Å². The van der Waals surface area contributed by atoms with Gasteiger partial charge in [-0.05, 0) is 46.1 Å². The van der Waals surface area contributed by atoms with E-state index in [1.165, 1.54) is 0 Å². The van der Waals surface area contributed by atoms with Gasteiger partial charge in [-0.25, -0.2) is 0 Å². The second kappa shape index (κ2) is 5.96. The molecule has 0 aliphatic carbocycles. The second-order valence-corrected chi connectivity index (χ2v) is 5.03. The monoisotopic (exact) mass is 276 g/mol. The molecule has 0 bridgehead atoms. The minimum atomic E-state index is -0.127. The van der Waals surface area contributed by atoms with Crippen LogP contribution in [0.1, 0.15) is 33.7 Å². The van der Waals surface area contributed by atoms with Gasteiger partial charge >= 0.3 is 0 Å². The van der Waals surface area contributed by atoms with E-state index in [-0.39, 0.29) is 11.9 Å². The van der Waals surface area contributed by atoms with Gasteiger partial charge in [0.05, 0.1) is 17.9 Å². The maximum absolute atomic E-state index is 12.2. The van der Waals surface area contributed by atoms with Crippen LogP contribution in [0.3, 0.4) is 0 Å². The normalized spacial score (nSPS) is 12.7. The lowest BCUT2D eigenvalue weighted by atomic mass is 10.2. The zero-order valence-electron chi connectivity index (χ0n) is 12.3. The number of amides is 1. The van der Waals surface area contributed by atoms with Gasteiger partial charge in [-0.1, -0.05) is 0 Å². The van der Waals surface area contributed by atoms with E-state index in [9.17, 15) is 4.79 Å². The van der Waals surface area contributed by atoms with Crippen LogP contribution in [-0.4, -0.2) is 31.4 Å². The van der Waals surface area contributed by atoms with Gasteiger partial charge in [0.2, 0.25) is 0 Å². The average Bonchev–Trinajstić information content (AvgIpc) is 2.99. The van der Waals surface area contributed by atoms with Crippen molar-refractivity contribution in [2.24, 2.45) is 0 Å². The van der Waals surface area contributed by atoms with Gasteiger partial charge in [0, 0.05) is 6.54 Å². The van der Waals surface area contributed by atoms with Crippen LogP contribution in [0.2, 0.25) is 0 Å². The molecule has 2 aromatic rings. The molecule has 0 aromatic carbocycles. The molecular weight excluding hydrogens is 256 g/mol. The number of hydrogen-bond acceptors (Lipinski definition) is 4. The molecule has 2 rings (SSSR count). The van der Waals surface area contributed by atoms with Crippen LogP contribution in [0.25, 0.3) is 0 Å². The fourth-order valence-corrected chi connectivity index (χ4v) is 2.16. The predicted molar refractivity (Wildman–Crippen MR) is 75.7 cm³/mol. The summed E-state index contributed by atoms with van der Waals surface area (Å²) >= 11 is 0. The largest absolute Gasteiger partial charge is 0.468 e. The summed E-state index contributed by atoms with van der Waals surface area (Å²) in [6.45, 7) is 4.09. The highest BCUT2D eigenvalue weighted by Crippen LogP contribution is 2.18. The van der Waals surface area contributed by atoms with Gasteiger partial charge in [0.15, 0.2) is 0 Å². The molecule has 20 heavy (non-hydrogen) atoms. The van der Waals surface area contributed by atoms with Crippen molar-refractivity contribution in [1.82, 2.24) is 10.2 Å². The van der Waals surface area contributed by atoms with E-state index in [0.717, 1.165) is 11.5 Å². The minimum absolute atomic E-state index is 0.00209. The Hall–Kier alpha value is -2.01. The first-order valence-corrected chi connectivity index (χ1v) is 6.54. The number of nitrogens with one attached hydrogen (secondary N) is 1. The Balaban J connectivity index is 2.03. The third kappa shape index (κ3) is 3.11. The molecule has 5 heteroatoms. The van der Waals surface area contributed by atoms with Crippen LogP contribution in [0.4, 0.5) is 0 Å². The standard InChI is InChI=1S/C15H20N2O3/c1-10-8-12(11(2)20-10)15(18)16-9-13(17(3)4)14-6-5-7-19-14/h5-8,13H,9H2,1-4H3,(H,16,18)/t13-/m0/s1. The van der Waals surface area contributed by atoms with Crippen molar-refractivity contribution >= 4 is 5.91 Å². The quantitative estimate of drug-likeness (QED) is 0.911. The lowest BCUT2D eigenvalue weighted by molar-refractivity contribution is 0.0937. The second-order valence-electron chi connectivity index (χ2n) is 5.03. The Morgan fingerprint density at radius 3 is 2.65 bits per heavy atom. The van der Waals surface area contributed by atoms with E-state index in [4.69, 9.17) is 8.83 Å². The highest BCUT2D eigenvalue weighted by Gasteiger charge is 2.19. The lowest BCUT2D eigenvalue weighted by Gasteiger charge is -2.22. The number of aryl methyl sites for hydroxylation is 2. The van der Waals surface area contributed by atoms with Crippen molar-refractivity contribution < 1.29 is 13.6 Å². The fraction of sp³-hybridized carbons (Fsp3) is 0.400. The number of likely N-dealkylation sites (N-methyl/N-ethyl adjacent to an activating group) is 1. The van der Waals surface area contributed by atoms with Crippen molar-refractivity contribution in [3.05, 3.63) is 47.3 Å². The topological polar surface area (TPSA) is 58.6 Å². The van der Waals surface area contributed by atoms with Crippen LogP contribution in [0.15, 0.2) is 33.3 Å². The predicted octanol–water partition coefficient (Wildman–Crippen LogP) is 2.52. The molecule has 1 atom stereocenters. The van der Waals surface area contributed by atoms with E-state index < -0.39 is 0 Å². The Kier molecular flexibility index (Phi) is 4.29. The zero-order valence-corrected chi connectivity index (χ0v) is 12.3. The van der Waals surface area contributed by atoms with E-state index in [1.807, 2.05) is 38.1 Å². The summed E-state index contributed by atoms with van der Waals surface area (Å²) in [4.78, 5) is 14.2. The summed E-state index contributed by atoms with van der Waals surface area (Å²) in [7, 11) is 3.90. The summed E-state index contributed by atoms with van der Waals surface area (Å²) in [6, 6.07) is 5.51. The van der Waals surface area contributed by atoms with Gasteiger partial charge in [-0.3, -0.25) is 9.69 Å². The van der Waals surface area contributed by atoms with E-state index in [2.05, 4.69) is 5.32 Å². The van der Waals surface area contributed by atoms with E-state index in [1.54, 1.807) is 19.3 Å². The van der Waals surface area contributed by atoms with Crippen LogP contribution < -0.4 is 5.32 Å². The highest BCUT2D eigenvalue weighted by molar-refractivity contribution is 5.95. The van der Waals surface area contributed by atoms with Crippen molar-refractivity contribution in [2.45, 2.75) is 19.9 Å². The number of furan rings is 2. The summed E-state index contributed by atoms with van der Waals surface area (Å²) in [5.74, 6) is 2.08. The lowest BCUT2D eigenvalue weighted by Crippen LogP contribution is -2.34.